The molecule has 2 aromatic carbocycles. The quantitative estimate of drug-likeness (QED) is 0.796. The van der Waals surface area contributed by atoms with E-state index in [0.717, 1.165) is 17.1 Å². The van der Waals surface area contributed by atoms with Gasteiger partial charge in [0.2, 0.25) is 0 Å². The third kappa shape index (κ3) is 2.25. The van der Waals surface area contributed by atoms with Gasteiger partial charge in [0.25, 0.3) is 0 Å². The van der Waals surface area contributed by atoms with Gasteiger partial charge >= 0.3 is 5.97 Å². The summed E-state index contributed by atoms with van der Waals surface area (Å²) in [5.74, 6) is -1.69. The van der Waals surface area contributed by atoms with Crippen molar-refractivity contribution in [3.05, 3.63) is 65.7 Å². The van der Waals surface area contributed by atoms with Crippen LogP contribution in [0.4, 0.5) is 4.39 Å². The second-order valence-electron chi connectivity index (χ2n) is 4.51. The zero-order valence-electron chi connectivity index (χ0n) is 10.5. The van der Waals surface area contributed by atoms with Gasteiger partial charge < -0.3 is 9.67 Å². The molecule has 1 heterocycles. The number of nitrogens with zero attached hydrogens (tertiary/aromatic N) is 2. The van der Waals surface area contributed by atoms with Crippen LogP contribution in [0.2, 0.25) is 0 Å². The first-order valence-corrected chi connectivity index (χ1v) is 6.06. The van der Waals surface area contributed by atoms with Crippen LogP contribution in [0.25, 0.3) is 11.0 Å². The Balaban J connectivity index is 2.00. The number of aromatic nitrogens is 2. The van der Waals surface area contributed by atoms with Gasteiger partial charge in [-0.15, -0.1) is 0 Å². The zero-order chi connectivity index (χ0) is 14.1. The average molecular weight is 270 g/mol. The van der Waals surface area contributed by atoms with Crippen molar-refractivity contribution in [3.8, 4) is 0 Å². The summed E-state index contributed by atoms with van der Waals surface area (Å²) >= 11 is 0. The third-order valence-corrected chi connectivity index (χ3v) is 3.08. The first-order chi connectivity index (χ1) is 9.63. The fraction of sp³-hybridized carbons (Fsp3) is 0.0667. The van der Waals surface area contributed by atoms with Crippen LogP contribution >= 0.6 is 0 Å². The molecular formula is C15H11FN2O2. The SMILES string of the molecule is O=C(O)c1cc(F)cc(Cn2cnc3ccccc32)c1. The number of hydrogen-bond donors (Lipinski definition) is 1. The molecule has 0 saturated carbocycles. The van der Waals surface area contributed by atoms with Crippen molar-refractivity contribution in [2.24, 2.45) is 0 Å². The smallest absolute Gasteiger partial charge is 0.335 e. The molecule has 0 aliphatic rings. The Morgan fingerprint density at radius 2 is 2.05 bits per heavy atom. The molecule has 0 atom stereocenters. The molecule has 0 saturated heterocycles. The first kappa shape index (κ1) is 12.3. The molecule has 0 spiro atoms. The van der Waals surface area contributed by atoms with Crippen LogP contribution in [-0.2, 0) is 6.54 Å². The first-order valence-electron chi connectivity index (χ1n) is 6.06. The molecule has 0 radical (unpaired) electrons. The van der Waals surface area contributed by atoms with Crippen LogP contribution in [0.5, 0.6) is 0 Å². The van der Waals surface area contributed by atoms with Gasteiger partial charge in [-0.25, -0.2) is 14.2 Å². The van der Waals surface area contributed by atoms with Crippen LogP contribution < -0.4 is 0 Å². The molecule has 0 aliphatic heterocycles. The Labute approximate surface area is 114 Å². The van der Waals surface area contributed by atoms with E-state index in [9.17, 15) is 9.18 Å². The van der Waals surface area contributed by atoms with Crippen LogP contribution in [0.1, 0.15) is 15.9 Å². The molecule has 3 aromatic rings. The van der Waals surface area contributed by atoms with E-state index in [2.05, 4.69) is 4.98 Å². The second kappa shape index (κ2) is 4.77. The van der Waals surface area contributed by atoms with Gasteiger partial charge in [0.05, 0.1) is 22.9 Å². The molecule has 4 nitrogen and oxygen atoms in total. The van der Waals surface area contributed by atoms with Gasteiger partial charge in [0.1, 0.15) is 5.82 Å². The second-order valence-corrected chi connectivity index (χ2v) is 4.51. The Bertz CT molecular complexity index is 795. The van der Waals surface area contributed by atoms with Crippen molar-refractivity contribution < 1.29 is 14.3 Å². The van der Waals surface area contributed by atoms with Gasteiger partial charge in [0.15, 0.2) is 0 Å². The van der Waals surface area contributed by atoms with E-state index in [1.165, 1.54) is 12.1 Å². The summed E-state index contributed by atoms with van der Waals surface area (Å²) in [5, 5.41) is 8.95. The highest BCUT2D eigenvalue weighted by Gasteiger charge is 2.08. The minimum Gasteiger partial charge on any atom is -0.478 e. The van der Waals surface area contributed by atoms with Gasteiger partial charge in [-0.1, -0.05) is 12.1 Å². The maximum atomic E-state index is 13.4. The maximum absolute atomic E-state index is 13.4. The standard InChI is InChI=1S/C15H11FN2O2/c16-12-6-10(5-11(7-12)15(19)20)8-18-9-17-13-3-1-2-4-14(13)18/h1-7,9H,8H2,(H,19,20). The number of aromatic carboxylic acids is 1. The van der Waals surface area contributed by atoms with Gasteiger partial charge in [-0.05, 0) is 35.9 Å². The Morgan fingerprint density at radius 3 is 2.85 bits per heavy atom. The minimum atomic E-state index is -1.14. The number of carbonyl (C=O) groups is 1. The van der Waals surface area contributed by atoms with Crippen LogP contribution in [-0.4, -0.2) is 20.6 Å². The lowest BCUT2D eigenvalue weighted by Crippen LogP contribution is -2.03. The van der Waals surface area contributed by atoms with Gasteiger partial charge in [-0.3, -0.25) is 0 Å². The lowest BCUT2D eigenvalue weighted by Gasteiger charge is -2.06. The fourth-order valence-corrected chi connectivity index (χ4v) is 2.20. The summed E-state index contributed by atoms with van der Waals surface area (Å²) in [6.07, 6.45) is 1.66. The number of halogens is 1. The maximum Gasteiger partial charge on any atom is 0.335 e. The molecule has 0 aliphatic carbocycles. The summed E-state index contributed by atoms with van der Waals surface area (Å²) in [6, 6.07) is 11.4. The lowest BCUT2D eigenvalue weighted by molar-refractivity contribution is 0.0696. The van der Waals surface area contributed by atoms with Crippen molar-refractivity contribution in [2.45, 2.75) is 6.54 Å². The number of para-hydroxylation sites is 2. The number of carboxylic acids is 1. The van der Waals surface area contributed by atoms with Crippen LogP contribution in [0.3, 0.4) is 0 Å². The van der Waals surface area contributed by atoms with E-state index in [0.29, 0.717) is 12.1 Å². The predicted octanol–water partition coefficient (Wildman–Crippen LogP) is 2.92. The van der Waals surface area contributed by atoms with Crippen molar-refractivity contribution >= 4 is 17.0 Å². The highest BCUT2D eigenvalue weighted by Crippen LogP contribution is 2.16. The molecule has 20 heavy (non-hydrogen) atoms. The molecule has 0 unspecified atom stereocenters. The molecule has 1 aromatic heterocycles. The Morgan fingerprint density at radius 1 is 1.25 bits per heavy atom. The average Bonchev–Trinajstić information content (AvgIpc) is 2.82. The summed E-state index contributed by atoms with van der Waals surface area (Å²) in [6.45, 7) is 0.374. The molecule has 1 N–H and O–H groups in total. The highest BCUT2D eigenvalue weighted by atomic mass is 19.1. The molecular weight excluding hydrogens is 259 g/mol. The van der Waals surface area contributed by atoms with Crippen molar-refractivity contribution in [1.82, 2.24) is 9.55 Å². The van der Waals surface area contributed by atoms with E-state index in [4.69, 9.17) is 5.11 Å². The van der Waals surface area contributed by atoms with Crippen LogP contribution in [0.15, 0.2) is 48.8 Å². The van der Waals surface area contributed by atoms with Gasteiger partial charge in [-0.2, -0.15) is 0 Å². The third-order valence-electron chi connectivity index (χ3n) is 3.08. The van der Waals surface area contributed by atoms with Crippen molar-refractivity contribution in [3.63, 3.8) is 0 Å². The van der Waals surface area contributed by atoms with Crippen molar-refractivity contribution in [1.29, 1.82) is 0 Å². The fourth-order valence-electron chi connectivity index (χ4n) is 2.20. The number of carboxylic acid groups (broad SMARTS) is 1. The number of hydrogen-bond acceptors (Lipinski definition) is 2. The summed E-state index contributed by atoms with van der Waals surface area (Å²) < 4.78 is 15.3. The number of rotatable bonds is 3. The minimum absolute atomic E-state index is 0.0515. The highest BCUT2D eigenvalue weighted by molar-refractivity contribution is 5.87. The van der Waals surface area contributed by atoms with E-state index in [-0.39, 0.29) is 5.56 Å². The van der Waals surface area contributed by atoms with Gasteiger partial charge in [0, 0.05) is 6.54 Å². The Hall–Kier alpha value is -2.69. The molecule has 0 fully saturated rings. The largest absolute Gasteiger partial charge is 0.478 e. The van der Waals surface area contributed by atoms with E-state index in [1.54, 1.807) is 6.33 Å². The Kier molecular flexibility index (Phi) is 2.95. The molecule has 100 valence electrons. The van der Waals surface area contributed by atoms with Crippen LogP contribution in [0, 0.1) is 5.82 Å². The molecule has 0 amide bonds. The predicted molar refractivity (Wildman–Crippen MR) is 72.2 cm³/mol. The van der Waals surface area contributed by atoms with E-state index < -0.39 is 11.8 Å². The molecule has 0 bridgehead atoms. The lowest BCUT2D eigenvalue weighted by atomic mass is 10.1. The van der Waals surface area contributed by atoms with E-state index >= 15 is 0 Å². The van der Waals surface area contributed by atoms with E-state index in [1.807, 2.05) is 28.8 Å². The number of fused-ring (bicyclic) bond motifs is 1. The monoisotopic (exact) mass is 270 g/mol. The van der Waals surface area contributed by atoms with Crippen molar-refractivity contribution in [2.75, 3.05) is 0 Å². The summed E-state index contributed by atoms with van der Waals surface area (Å²) in [4.78, 5) is 15.2. The molecule has 5 heteroatoms. The topological polar surface area (TPSA) is 55.1 Å². The molecule has 3 rings (SSSR count). The number of imidazole rings is 1. The summed E-state index contributed by atoms with van der Waals surface area (Å²) in [5.41, 5.74) is 2.31. The number of benzene rings is 2. The zero-order valence-corrected chi connectivity index (χ0v) is 10.5. The summed E-state index contributed by atoms with van der Waals surface area (Å²) in [7, 11) is 0. The normalized spacial score (nSPS) is 10.8.